The smallest absolute Gasteiger partial charge is 0.184 e. The summed E-state index contributed by atoms with van der Waals surface area (Å²) in [6.07, 6.45) is 9.53. The van der Waals surface area contributed by atoms with Crippen molar-refractivity contribution < 1.29 is 19.5 Å². The van der Waals surface area contributed by atoms with Gasteiger partial charge in [-0.25, -0.2) is 0 Å². The highest BCUT2D eigenvalue weighted by Crippen LogP contribution is 2.67. The highest BCUT2D eigenvalue weighted by Gasteiger charge is 2.75. The molecule has 4 atom stereocenters. The molecule has 0 aromatic heterocycles. The van der Waals surface area contributed by atoms with E-state index in [9.17, 15) is 19.5 Å². The average molecular weight is 509 g/mol. The van der Waals surface area contributed by atoms with Crippen LogP contribution in [0, 0.1) is 28.1 Å². The Hall–Kier alpha value is -2.49. The number of carbonyl (C=O) groups is 3. The first-order chi connectivity index (χ1) is 17.0. The van der Waals surface area contributed by atoms with Crippen molar-refractivity contribution in [3.8, 4) is 0 Å². The molecule has 2 aliphatic carbocycles. The van der Waals surface area contributed by atoms with Gasteiger partial charge in [0.2, 0.25) is 0 Å². The average Bonchev–Trinajstić information content (AvgIpc) is 2.77. The molecule has 4 heteroatoms. The molecule has 37 heavy (non-hydrogen) atoms. The maximum atomic E-state index is 14.8. The van der Waals surface area contributed by atoms with E-state index in [1.807, 2.05) is 74.5 Å². The minimum absolute atomic E-state index is 0.167. The largest absolute Gasteiger partial charge is 0.510 e. The molecule has 0 aromatic carbocycles. The standard InChI is InChI=1S/C33H48O4/c1-20(2)12-14-25-19-32(18-23(7)8)28(35)26(15-13-21(3)4)29(36)33(30(32)37,27(34)24(9)10)31(25,11)17-16-22(5)6/h12-13,16,18,24-25,35H,14-15,17,19H2,1-11H3. The van der Waals surface area contributed by atoms with Crippen molar-refractivity contribution in [3.63, 3.8) is 0 Å². The van der Waals surface area contributed by atoms with Crippen LogP contribution in [0.4, 0.5) is 0 Å². The van der Waals surface area contributed by atoms with E-state index in [2.05, 4.69) is 12.2 Å². The summed E-state index contributed by atoms with van der Waals surface area (Å²) in [5, 5.41) is 11.8. The fourth-order valence-corrected chi connectivity index (χ4v) is 6.35. The van der Waals surface area contributed by atoms with Gasteiger partial charge in [-0.1, -0.05) is 67.4 Å². The Morgan fingerprint density at radius 3 is 1.92 bits per heavy atom. The zero-order chi connectivity index (χ0) is 28.5. The summed E-state index contributed by atoms with van der Waals surface area (Å²) < 4.78 is 0. The maximum Gasteiger partial charge on any atom is 0.184 e. The van der Waals surface area contributed by atoms with E-state index in [1.165, 1.54) is 0 Å². The van der Waals surface area contributed by atoms with Crippen LogP contribution in [0.1, 0.15) is 102 Å². The summed E-state index contributed by atoms with van der Waals surface area (Å²) in [5.41, 5.74) is 0.0938. The van der Waals surface area contributed by atoms with Gasteiger partial charge in [-0.3, -0.25) is 14.4 Å². The number of hydrogen-bond acceptors (Lipinski definition) is 4. The molecule has 1 saturated carbocycles. The number of allylic oxidation sites excluding steroid dienone is 9. The Morgan fingerprint density at radius 2 is 1.46 bits per heavy atom. The SMILES string of the molecule is CC(C)=CCC1=C(O)C2(C=C(C)C)CC(CC=C(C)C)C(C)(CC=C(C)C)C(C(=O)C(C)C)(C1=O)C2=O. The molecule has 0 heterocycles. The Morgan fingerprint density at radius 1 is 0.919 bits per heavy atom. The maximum absolute atomic E-state index is 14.8. The summed E-state index contributed by atoms with van der Waals surface area (Å²) >= 11 is 0. The number of Topliss-reactive ketones (excluding diaryl/α,β-unsaturated/α-hetero) is 3. The van der Waals surface area contributed by atoms with E-state index < -0.39 is 33.7 Å². The van der Waals surface area contributed by atoms with E-state index in [1.54, 1.807) is 13.8 Å². The monoisotopic (exact) mass is 508 g/mol. The van der Waals surface area contributed by atoms with E-state index >= 15 is 0 Å². The number of aliphatic hydroxyl groups is 1. The van der Waals surface area contributed by atoms with Crippen molar-refractivity contribution in [1.29, 1.82) is 0 Å². The fourth-order valence-electron chi connectivity index (χ4n) is 6.35. The molecule has 204 valence electrons. The number of carbonyl (C=O) groups excluding carboxylic acids is 3. The summed E-state index contributed by atoms with van der Waals surface area (Å²) in [5.74, 6) is -2.14. The van der Waals surface area contributed by atoms with Crippen LogP contribution in [0.3, 0.4) is 0 Å². The van der Waals surface area contributed by atoms with Crippen molar-refractivity contribution in [3.05, 3.63) is 57.9 Å². The third kappa shape index (κ3) is 5.13. The van der Waals surface area contributed by atoms with Gasteiger partial charge < -0.3 is 5.11 Å². The quantitative estimate of drug-likeness (QED) is 0.252. The van der Waals surface area contributed by atoms with Crippen LogP contribution >= 0.6 is 0 Å². The second kappa shape index (κ2) is 11.1. The van der Waals surface area contributed by atoms with Gasteiger partial charge in [0.15, 0.2) is 22.8 Å². The molecule has 0 spiro atoms. The topological polar surface area (TPSA) is 71.4 Å². The number of rotatable bonds is 9. The van der Waals surface area contributed by atoms with Crippen LogP contribution in [-0.4, -0.2) is 22.5 Å². The van der Waals surface area contributed by atoms with Gasteiger partial charge >= 0.3 is 0 Å². The Kier molecular flexibility index (Phi) is 9.21. The molecule has 4 unspecified atom stereocenters. The fraction of sp³-hybridized carbons (Fsp3) is 0.606. The van der Waals surface area contributed by atoms with Crippen molar-refractivity contribution in [1.82, 2.24) is 0 Å². The lowest BCUT2D eigenvalue weighted by atomic mass is 9.38. The van der Waals surface area contributed by atoms with Crippen LogP contribution in [0.25, 0.3) is 0 Å². The molecule has 1 fully saturated rings. The summed E-state index contributed by atoms with van der Waals surface area (Å²) in [7, 11) is 0. The lowest BCUT2D eigenvalue weighted by Gasteiger charge is -2.60. The van der Waals surface area contributed by atoms with Crippen LogP contribution in [0.2, 0.25) is 0 Å². The van der Waals surface area contributed by atoms with Crippen molar-refractivity contribution >= 4 is 17.3 Å². The van der Waals surface area contributed by atoms with Gasteiger partial charge in [-0.15, -0.1) is 0 Å². The predicted molar refractivity (Wildman–Crippen MR) is 152 cm³/mol. The molecular formula is C33H48O4. The van der Waals surface area contributed by atoms with Crippen molar-refractivity contribution in [2.24, 2.45) is 28.1 Å². The normalized spacial score (nSPS) is 29.1. The molecule has 2 bridgehead atoms. The minimum atomic E-state index is -1.87. The third-order valence-corrected chi connectivity index (χ3v) is 8.28. The minimum Gasteiger partial charge on any atom is -0.510 e. The molecule has 4 nitrogen and oxygen atoms in total. The molecule has 2 aliphatic rings. The number of aliphatic hydroxyl groups excluding tert-OH is 1. The Balaban J connectivity index is 3.16. The lowest BCUT2D eigenvalue weighted by Crippen LogP contribution is -2.70. The van der Waals surface area contributed by atoms with Crippen LogP contribution in [0.5, 0.6) is 0 Å². The lowest BCUT2D eigenvalue weighted by molar-refractivity contribution is -0.176. The zero-order valence-electron chi connectivity index (χ0n) is 25.0. The molecular weight excluding hydrogens is 460 g/mol. The second-order valence-electron chi connectivity index (χ2n) is 12.8. The van der Waals surface area contributed by atoms with Gasteiger partial charge in [0.25, 0.3) is 0 Å². The highest BCUT2D eigenvalue weighted by molar-refractivity contribution is 6.34. The van der Waals surface area contributed by atoms with E-state index in [0.29, 0.717) is 19.3 Å². The summed E-state index contributed by atoms with van der Waals surface area (Å²) in [4.78, 5) is 43.9. The molecule has 0 aliphatic heterocycles. The van der Waals surface area contributed by atoms with Gasteiger partial charge in [0.05, 0.1) is 0 Å². The molecule has 1 N–H and O–H groups in total. The van der Waals surface area contributed by atoms with Crippen LogP contribution in [-0.2, 0) is 14.4 Å². The van der Waals surface area contributed by atoms with Crippen LogP contribution in [0.15, 0.2) is 57.9 Å². The van der Waals surface area contributed by atoms with Gasteiger partial charge in [0.1, 0.15) is 11.2 Å². The van der Waals surface area contributed by atoms with Crippen molar-refractivity contribution in [2.45, 2.75) is 102 Å². The molecule has 0 aromatic rings. The van der Waals surface area contributed by atoms with Gasteiger partial charge in [-0.2, -0.15) is 0 Å². The van der Waals surface area contributed by atoms with Crippen LogP contribution < -0.4 is 0 Å². The molecule has 2 rings (SSSR count). The van der Waals surface area contributed by atoms with E-state index in [4.69, 9.17) is 0 Å². The van der Waals surface area contributed by atoms with E-state index in [0.717, 1.165) is 22.3 Å². The summed E-state index contributed by atoms with van der Waals surface area (Å²) in [6, 6.07) is 0. The highest BCUT2D eigenvalue weighted by atomic mass is 16.3. The first-order valence-corrected chi connectivity index (χ1v) is 13.6. The first kappa shape index (κ1) is 30.7. The van der Waals surface area contributed by atoms with Crippen molar-refractivity contribution in [2.75, 3.05) is 0 Å². The Bertz CT molecular complexity index is 1110. The van der Waals surface area contributed by atoms with Gasteiger partial charge in [0, 0.05) is 16.9 Å². The predicted octanol–water partition coefficient (Wildman–Crippen LogP) is 8.21. The molecule has 0 radical (unpaired) electrons. The molecule has 0 saturated heterocycles. The third-order valence-electron chi connectivity index (χ3n) is 8.28. The molecule has 0 amide bonds. The number of hydrogen-bond donors (Lipinski definition) is 1. The van der Waals surface area contributed by atoms with Gasteiger partial charge in [-0.05, 0) is 87.0 Å². The zero-order valence-corrected chi connectivity index (χ0v) is 25.0. The van der Waals surface area contributed by atoms with E-state index in [-0.39, 0.29) is 29.5 Å². The number of ketones is 3. The second-order valence-corrected chi connectivity index (χ2v) is 12.8. The number of fused-ring (bicyclic) bond motifs is 2. The first-order valence-electron chi connectivity index (χ1n) is 13.6. The Labute approximate surface area is 224 Å². The summed E-state index contributed by atoms with van der Waals surface area (Å²) in [6.45, 7) is 21.2.